The standard InChI is InChI=1S/C24H23ClN4S/c1-16-3-4-17(2)21(13-16)28-9-11-29(12-10-28)23-22-20(14-30-24(22)27-15-26-23)18-5-7-19(25)8-6-18/h3-8,13-15H,9-12H2,1-2H3. The second kappa shape index (κ2) is 7.89. The molecule has 0 radical (unpaired) electrons. The fourth-order valence-electron chi connectivity index (χ4n) is 4.16. The molecule has 1 saturated heterocycles. The van der Waals surface area contributed by atoms with Gasteiger partial charge in [-0.2, -0.15) is 0 Å². The van der Waals surface area contributed by atoms with E-state index in [-0.39, 0.29) is 0 Å². The Hall–Kier alpha value is -2.63. The molecule has 0 spiro atoms. The Morgan fingerprint density at radius 1 is 0.900 bits per heavy atom. The van der Waals surface area contributed by atoms with E-state index in [2.05, 4.69) is 64.3 Å². The SMILES string of the molecule is Cc1ccc(C)c(N2CCN(c3ncnc4scc(-c5ccc(Cl)cc5)c34)CC2)c1. The Labute approximate surface area is 185 Å². The molecule has 0 unspecified atom stereocenters. The number of piperazine rings is 1. The molecule has 1 aliphatic rings. The fraction of sp³-hybridized carbons (Fsp3) is 0.250. The molecule has 6 heteroatoms. The van der Waals surface area contributed by atoms with E-state index in [1.807, 2.05) is 12.1 Å². The summed E-state index contributed by atoms with van der Waals surface area (Å²) in [6.45, 7) is 8.20. The second-order valence-corrected chi connectivity index (χ2v) is 9.09. The maximum atomic E-state index is 6.09. The average molecular weight is 435 g/mol. The molecule has 2 aromatic carbocycles. The van der Waals surface area contributed by atoms with Gasteiger partial charge in [0.15, 0.2) is 0 Å². The predicted octanol–water partition coefficient (Wildman–Crippen LogP) is 5.96. The largest absolute Gasteiger partial charge is 0.368 e. The number of fused-ring (bicyclic) bond motifs is 1. The molecule has 3 heterocycles. The molecule has 0 bridgehead atoms. The monoisotopic (exact) mass is 434 g/mol. The van der Waals surface area contributed by atoms with Crippen LogP contribution < -0.4 is 9.80 Å². The first-order chi connectivity index (χ1) is 14.6. The van der Waals surface area contributed by atoms with Crippen LogP contribution >= 0.6 is 22.9 Å². The van der Waals surface area contributed by atoms with Crippen molar-refractivity contribution in [3.05, 3.63) is 70.3 Å². The van der Waals surface area contributed by atoms with Gasteiger partial charge in [-0.05, 0) is 48.7 Å². The summed E-state index contributed by atoms with van der Waals surface area (Å²) in [5.74, 6) is 1.03. The van der Waals surface area contributed by atoms with Gasteiger partial charge in [0.2, 0.25) is 0 Å². The van der Waals surface area contributed by atoms with Crippen LogP contribution in [-0.4, -0.2) is 36.1 Å². The first kappa shape index (κ1) is 19.3. The molecule has 2 aromatic heterocycles. The Morgan fingerprint density at radius 3 is 2.40 bits per heavy atom. The van der Waals surface area contributed by atoms with Gasteiger partial charge in [-0.3, -0.25) is 0 Å². The van der Waals surface area contributed by atoms with Crippen LogP contribution in [-0.2, 0) is 0 Å². The summed E-state index contributed by atoms with van der Waals surface area (Å²) >= 11 is 7.77. The van der Waals surface area contributed by atoms with Crippen LogP contribution in [0.2, 0.25) is 5.02 Å². The zero-order valence-electron chi connectivity index (χ0n) is 17.1. The molecule has 30 heavy (non-hydrogen) atoms. The molecule has 0 amide bonds. The van der Waals surface area contributed by atoms with E-state index in [1.165, 1.54) is 22.4 Å². The maximum absolute atomic E-state index is 6.09. The van der Waals surface area contributed by atoms with Gasteiger partial charge in [-0.25, -0.2) is 9.97 Å². The van der Waals surface area contributed by atoms with Crippen molar-refractivity contribution in [3.63, 3.8) is 0 Å². The van der Waals surface area contributed by atoms with Crippen molar-refractivity contribution in [2.24, 2.45) is 0 Å². The number of aryl methyl sites for hydroxylation is 2. The van der Waals surface area contributed by atoms with Gasteiger partial charge in [0, 0.05) is 47.8 Å². The zero-order valence-corrected chi connectivity index (χ0v) is 18.7. The molecule has 0 atom stereocenters. The quantitative estimate of drug-likeness (QED) is 0.398. The molecule has 4 aromatic rings. The Bertz CT molecular complexity index is 1190. The Kier molecular flexibility index (Phi) is 5.09. The molecule has 0 saturated carbocycles. The van der Waals surface area contributed by atoms with E-state index in [1.54, 1.807) is 17.7 Å². The molecule has 0 aliphatic carbocycles. The van der Waals surface area contributed by atoms with Crippen LogP contribution in [0.3, 0.4) is 0 Å². The third kappa shape index (κ3) is 3.53. The molecular formula is C24H23ClN4S. The van der Waals surface area contributed by atoms with E-state index >= 15 is 0 Å². The van der Waals surface area contributed by atoms with Gasteiger partial charge in [0.1, 0.15) is 17.0 Å². The molecule has 4 nitrogen and oxygen atoms in total. The van der Waals surface area contributed by atoms with E-state index in [0.717, 1.165) is 52.8 Å². The fourth-order valence-corrected chi connectivity index (χ4v) is 5.20. The maximum Gasteiger partial charge on any atom is 0.141 e. The van der Waals surface area contributed by atoms with Crippen LogP contribution in [0.4, 0.5) is 11.5 Å². The van der Waals surface area contributed by atoms with Crippen molar-refractivity contribution in [1.29, 1.82) is 0 Å². The summed E-state index contributed by atoms with van der Waals surface area (Å²) in [6, 6.07) is 14.7. The highest BCUT2D eigenvalue weighted by Crippen LogP contribution is 2.38. The number of anilines is 2. The van der Waals surface area contributed by atoms with Crippen molar-refractivity contribution in [3.8, 4) is 11.1 Å². The molecule has 5 rings (SSSR count). The number of hydrogen-bond acceptors (Lipinski definition) is 5. The van der Waals surface area contributed by atoms with Crippen molar-refractivity contribution >= 4 is 44.7 Å². The summed E-state index contributed by atoms with van der Waals surface area (Å²) in [5.41, 5.74) is 6.32. The number of benzene rings is 2. The predicted molar refractivity (Wildman–Crippen MR) is 128 cm³/mol. The second-order valence-electron chi connectivity index (χ2n) is 7.80. The van der Waals surface area contributed by atoms with Crippen LogP contribution in [0, 0.1) is 13.8 Å². The molecular weight excluding hydrogens is 412 g/mol. The van der Waals surface area contributed by atoms with Gasteiger partial charge in [0.05, 0.1) is 5.39 Å². The summed E-state index contributed by atoms with van der Waals surface area (Å²) in [5, 5.41) is 4.07. The zero-order chi connectivity index (χ0) is 20.7. The molecule has 152 valence electrons. The van der Waals surface area contributed by atoms with Crippen molar-refractivity contribution in [2.75, 3.05) is 36.0 Å². The van der Waals surface area contributed by atoms with Gasteiger partial charge in [-0.1, -0.05) is 35.9 Å². The van der Waals surface area contributed by atoms with Crippen LogP contribution in [0.25, 0.3) is 21.3 Å². The minimum Gasteiger partial charge on any atom is -0.368 e. The van der Waals surface area contributed by atoms with E-state index in [9.17, 15) is 0 Å². The number of halogens is 1. The smallest absolute Gasteiger partial charge is 0.141 e. The Balaban J connectivity index is 1.45. The van der Waals surface area contributed by atoms with Gasteiger partial charge in [-0.15, -0.1) is 11.3 Å². The summed E-state index contributed by atoms with van der Waals surface area (Å²) in [4.78, 5) is 15.2. The van der Waals surface area contributed by atoms with Crippen LogP contribution in [0.5, 0.6) is 0 Å². The lowest BCUT2D eigenvalue weighted by atomic mass is 10.1. The normalized spacial score (nSPS) is 14.5. The van der Waals surface area contributed by atoms with E-state index < -0.39 is 0 Å². The van der Waals surface area contributed by atoms with Gasteiger partial charge in [0.25, 0.3) is 0 Å². The third-order valence-corrected chi connectivity index (χ3v) is 6.93. The van der Waals surface area contributed by atoms with Gasteiger partial charge < -0.3 is 9.80 Å². The number of rotatable bonds is 3. The lowest BCUT2D eigenvalue weighted by molar-refractivity contribution is 0.647. The van der Waals surface area contributed by atoms with Crippen LogP contribution in [0.15, 0.2) is 54.2 Å². The summed E-state index contributed by atoms with van der Waals surface area (Å²) in [7, 11) is 0. The highest BCUT2D eigenvalue weighted by Gasteiger charge is 2.23. The Morgan fingerprint density at radius 2 is 1.63 bits per heavy atom. The highest BCUT2D eigenvalue weighted by atomic mass is 35.5. The number of nitrogens with zero attached hydrogens (tertiary/aromatic N) is 4. The lowest BCUT2D eigenvalue weighted by Gasteiger charge is -2.37. The van der Waals surface area contributed by atoms with Crippen molar-refractivity contribution < 1.29 is 0 Å². The molecule has 0 N–H and O–H groups in total. The molecule has 1 aliphatic heterocycles. The third-order valence-electron chi connectivity index (χ3n) is 5.79. The summed E-state index contributed by atoms with van der Waals surface area (Å²) < 4.78 is 0. The average Bonchev–Trinajstić information content (AvgIpc) is 3.20. The first-order valence-electron chi connectivity index (χ1n) is 10.2. The number of aromatic nitrogens is 2. The minimum absolute atomic E-state index is 0.748. The first-order valence-corrected chi connectivity index (χ1v) is 11.4. The van der Waals surface area contributed by atoms with Gasteiger partial charge >= 0.3 is 0 Å². The number of thiophene rings is 1. The van der Waals surface area contributed by atoms with Crippen LogP contribution in [0.1, 0.15) is 11.1 Å². The minimum atomic E-state index is 0.748. The highest BCUT2D eigenvalue weighted by molar-refractivity contribution is 7.17. The van der Waals surface area contributed by atoms with E-state index in [4.69, 9.17) is 16.6 Å². The topological polar surface area (TPSA) is 32.3 Å². The number of hydrogen-bond donors (Lipinski definition) is 0. The molecule has 1 fully saturated rings. The van der Waals surface area contributed by atoms with Crippen molar-refractivity contribution in [1.82, 2.24) is 9.97 Å². The summed E-state index contributed by atoms with van der Waals surface area (Å²) in [6.07, 6.45) is 1.69. The van der Waals surface area contributed by atoms with E-state index in [0.29, 0.717) is 0 Å². The van der Waals surface area contributed by atoms with Crippen molar-refractivity contribution in [2.45, 2.75) is 13.8 Å². The lowest BCUT2D eigenvalue weighted by Crippen LogP contribution is -2.47.